The van der Waals surface area contributed by atoms with E-state index < -0.39 is 12.1 Å². The summed E-state index contributed by atoms with van der Waals surface area (Å²) in [5, 5.41) is 23.2. The van der Waals surface area contributed by atoms with Crippen LogP contribution in [0.5, 0.6) is 0 Å². The third-order valence-corrected chi connectivity index (χ3v) is 17.3. The first-order chi connectivity index (χ1) is 41.0. The maximum atomic E-state index is 12.5. The van der Waals surface area contributed by atoms with Crippen molar-refractivity contribution in [3.8, 4) is 0 Å². The van der Waals surface area contributed by atoms with E-state index in [-0.39, 0.29) is 18.5 Å². The van der Waals surface area contributed by atoms with Crippen molar-refractivity contribution < 1.29 is 24.5 Å². The number of esters is 1. The molecule has 6 heteroatoms. The Balaban J connectivity index is 3.38. The highest BCUT2D eigenvalue weighted by Crippen LogP contribution is 2.19. The number of rotatable bonds is 70. The lowest BCUT2D eigenvalue weighted by Gasteiger charge is -2.20. The summed E-state index contributed by atoms with van der Waals surface area (Å²) in [5.41, 5.74) is 0. The molecule has 2 unspecified atom stereocenters. The third kappa shape index (κ3) is 68.8. The lowest BCUT2D eigenvalue weighted by Crippen LogP contribution is -2.45. The lowest BCUT2D eigenvalue weighted by atomic mass is 10.0. The molecule has 0 aromatic rings. The van der Waals surface area contributed by atoms with Crippen LogP contribution in [0.3, 0.4) is 0 Å². The average molecular weight is 1170 g/mol. The fourth-order valence-electron chi connectivity index (χ4n) is 11.6. The summed E-state index contributed by atoms with van der Waals surface area (Å²) >= 11 is 0. The molecule has 0 aromatic carbocycles. The molecule has 0 spiro atoms. The number of hydrogen-bond donors (Lipinski definition) is 3. The van der Waals surface area contributed by atoms with E-state index in [4.69, 9.17) is 4.74 Å². The molecule has 488 valence electrons. The van der Waals surface area contributed by atoms with Gasteiger partial charge in [0.05, 0.1) is 25.4 Å². The molecule has 0 aliphatic carbocycles. The minimum atomic E-state index is -0.845. The number of allylic oxidation sites excluding steroid dienone is 7. The molecule has 0 aromatic heterocycles. The van der Waals surface area contributed by atoms with Gasteiger partial charge in [-0.15, -0.1) is 0 Å². The van der Waals surface area contributed by atoms with Crippen LogP contribution in [0, 0.1) is 0 Å². The highest BCUT2D eigenvalue weighted by atomic mass is 16.5. The summed E-state index contributed by atoms with van der Waals surface area (Å²) in [6, 6.07) is -0.628. The second-order valence-corrected chi connectivity index (χ2v) is 25.6. The van der Waals surface area contributed by atoms with Gasteiger partial charge in [-0.3, -0.25) is 9.59 Å². The van der Waals surface area contributed by atoms with Crippen LogP contribution in [-0.4, -0.2) is 47.4 Å². The number of hydrogen-bond acceptors (Lipinski definition) is 5. The Labute approximate surface area is 518 Å². The highest BCUT2D eigenvalue weighted by molar-refractivity contribution is 5.76. The first-order valence-corrected chi connectivity index (χ1v) is 37.4. The second-order valence-electron chi connectivity index (χ2n) is 25.6. The molecule has 0 heterocycles. The average Bonchev–Trinajstić information content (AvgIpc) is 3.49. The van der Waals surface area contributed by atoms with Crippen LogP contribution in [0.4, 0.5) is 0 Å². The molecule has 6 nitrogen and oxygen atoms in total. The second kappa shape index (κ2) is 72.3. The number of aliphatic hydroxyl groups is 2. The van der Waals surface area contributed by atoms with E-state index in [0.29, 0.717) is 19.4 Å². The van der Waals surface area contributed by atoms with Crippen molar-refractivity contribution in [3.63, 3.8) is 0 Å². The molecular formula is C77H145NO5. The van der Waals surface area contributed by atoms with Gasteiger partial charge in [-0.25, -0.2) is 0 Å². The zero-order valence-corrected chi connectivity index (χ0v) is 55.9. The summed E-state index contributed by atoms with van der Waals surface area (Å²) in [4.78, 5) is 24.6. The number of nitrogens with one attached hydrogen (secondary N) is 1. The van der Waals surface area contributed by atoms with Gasteiger partial charge in [0.15, 0.2) is 0 Å². The topological polar surface area (TPSA) is 95.9 Å². The van der Waals surface area contributed by atoms with Crippen LogP contribution < -0.4 is 5.32 Å². The Kier molecular flexibility index (Phi) is 70.4. The van der Waals surface area contributed by atoms with Crippen molar-refractivity contribution in [1.82, 2.24) is 5.32 Å². The quantitative estimate of drug-likeness (QED) is 0.0320. The summed E-state index contributed by atoms with van der Waals surface area (Å²) in [5.74, 6) is -0.0515. The van der Waals surface area contributed by atoms with Crippen LogP contribution in [0.25, 0.3) is 0 Å². The number of unbranched alkanes of at least 4 members (excludes halogenated alkanes) is 53. The summed E-state index contributed by atoms with van der Waals surface area (Å²) in [7, 11) is 0. The zero-order valence-electron chi connectivity index (χ0n) is 55.9. The van der Waals surface area contributed by atoms with E-state index in [0.717, 1.165) is 51.4 Å². The zero-order chi connectivity index (χ0) is 59.9. The van der Waals surface area contributed by atoms with Gasteiger partial charge in [-0.2, -0.15) is 0 Å². The van der Waals surface area contributed by atoms with Gasteiger partial charge in [0.1, 0.15) is 0 Å². The molecule has 0 aliphatic rings. The fraction of sp³-hybridized carbons (Fsp3) is 0.870. The van der Waals surface area contributed by atoms with Gasteiger partial charge in [-0.1, -0.05) is 351 Å². The highest BCUT2D eigenvalue weighted by Gasteiger charge is 2.18. The number of amides is 1. The van der Waals surface area contributed by atoms with E-state index >= 15 is 0 Å². The lowest BCUT2D eigenvalue weighted by molar-refractivity contribution is -0.143. The van der Waals surface area contributed by atoms with E-state index in [1.165, 1.54) is 327 Å². The van der Waals surface area contributed by atoms with E-state index in [9.17, 15) is 19.8 Å². The van der Waals surface area contributed by atoms with Crippen LogP contribution in [-0.2, 0) is 14.3 Å². The number of carbonyl (C=O) groups excluding carboxylic acids is 2. The Hall–Kier alpha value is -2.18. The molecule has 0 aliphatic heterocycles. The SMILES string of the molecule is CCCCC/C=C\C/C=C\CCCCCCCCCCCC(=O)OCCCCCCCCCCCCCC/C=C\CCCCCCCCCCCCCCCC(=O)NC(CO)C(O)/C=C/CCCCCCCCCCCCCCCCCC. The molecule has 3 N–H and O–H groups in total. The Bertz CT molecular complexity index is 1390. The Morgan fingerprint density at radius 2 is 0.602 bits per heavy atom. The third-order valence-electron chi connectivity index (χ3n) is 17.3. The normalized spacial score (nSPS) is 12.8. The maximum absolute atomic E-state index is 12.5. The van der Waals surface area contributed by atoms with Crippen molar-refractivity contribution in [3.05, 3.63) is 48.6 Å². The van der Waals surface area contributed by atoms with Gasteiger partial charge in [-0.05, 0) is 89.9 Å². The van der Waals surface area contributed by atoms with Crippen LogP contribution >= 0.6 is 0 Å². The molecule has 0 saturated heterocycles. The molecule has 0 bridgehead atoms. The van der Waals surface area contributed by atoms with Crippen molar-refractivity contribution >= 4 is 11.9 Å². The first-order valence-electron chi connectivity index (χ1n) is 37.4. The van der Waals surface area contributed by atoms with Crippen molar-refractivity contribution in [2.45, 2.75) is 418 Å². The van der Waals surface area contributed by atoms with Crippen LogP contribution in [0.15, 0.2) is 48.6 Å². The van der Waals surface area contributed by atoms with Crippen LogP contribution in [0.2, 0.25) is 0 Å². The van der Waals surface area contributed by atoms with Gasteiger partial charge in [0.25, 0.3) is 0 Å². The minimum Gasteiger partial charge on any atom is -0.466 e. The van der Waals surface area contributed by atoms with E-state index in [2.05, 4.69) is 55.6 Å². The summed E-state index contributed by atoms with van der Waals surface area (Å²) in [6.07, 6.45) is 94.9. The van der Waals surface area contributed by atoms with Gasteiger partial charge in [0.2, 0.25) is 5.91 Å². The molecule has 1 amide bonds. The Morgan fingerprint density at radius 1 is 0.337 bits per heavy atom. The number of carbonyl (C=O) groups is 2. The summed E-state index contributed by atoms with van der Waals surface area (Å²) in [6.45, 7) is 4.91. The summed E-state index contributed by atoms with van der Waals surface area (Å²) < 4.78 is 5.51. The fourth-order valence-corrected chi connectivity index (χ4v) is 11.6. The standard InChI is InChI=1S/C77H145NO5/c1-3-5-7-9-11-13-15-17-19-21-34-39-43-47-51-55-59-63-67-71-77(82)83-72-68-64-60-56-52-48-44-40-36-33-31-29-27-25-23-24-26-28-30-32-35-38-42-46-50-54-58-62-66-70-76(81)78-74(73-79)75(80)69-65-61-57-53-49-45-41-37-22-20-18-16-14-12-10-8-6-4-2/h11,13,17,19,23,25,65,69,74-75,79-80H,3-10,12,14-16,18,20-22,24,26-64,66-68,70-73H2,1-2H3,(H,78,81)/b13-11-,19-17-,25-23-,69-65+. The molecule has 0 fully saturated rings. The number of aliphatic hydroxyl groups excluding tert-OH is 2. The molecule has 0 saturated carbocycles. The predicted molar refractivity (Wildman–Crippen MR) is 366 cm³/mol. The first kappa shape index (κ1) is 80.8. The van der Waals surface area contributed by atoms with Crippen molar-refractivity contribution in [1.29, 1.82) is 0 Å². The smallest absolute Gasteiger partial charge is 0.305 e. The van der Waals surface area contributed by atoms with Crippen molar-refractivity contribution in [2.75, 3.05) is 13.2 Å². The van der Waals surface area contributed by atoms with Crippen molar-refractivity contribution in [2.24, 2.45) is 0 Å². The largest absolute Gasteiger partial charge is 0.466 e. The molecule has 0 rings (SSSR count). The van der Waals surface area contributed by atoms with E-state index in [1.54, 1.807) is 6.08 Å². The molecular weight excluding hydrogens is 1020 g/mol. The van der Waals surface area contributed by atoms with Crippen LogP contribution in [0.1, 0.15) is 406 Å². The van der Waals surface area contributed by atoms with E-state index in [1.807, 2.05) is 6.08 Å². The van der Waals surface area contributed by atoms with Gasteiger partial charge >= 0.3 is 5.97 Å². The minimum absolute atomic E-state index is 0.0127. The maximum Gasteiger partial charge on any atom is 0.305 e. The molecule has 2 atom stereocenters. The molecule has 83 heavy (non-hydrogen) atoms. The predicted octanol–water partition coefficient (Wildman–Crippen LogP) is 24.4. The monoisotopic (exact) mass is 1160 g/mol. The van der Waals surface area contributed by atoms with Gasteiger partial charge < -0.3 is 20.3 Å². The number of ether oxygens (including phenoxy) is 1. The molecule has 0 radical (unpaired) electrons. The van der Waals surface area contributed by atoms with Gasteiger partial charge in [0, 0.05) is 12.8 Å². The Morgan fingerprint density at radius 3 is 0.952 bits per heavy atom.